The van der Waals surface area contributed by atoms with E-state index in [1.807, 2.05) is 49.4 Å². The molecule has 0 saturated heterocycles. The Bertz CT molecular complexity index is 814. The highest BCUT2D eigenvalue weighted by Gasteiger charge is 2.06. The molecule has 0 spiro atoms. The summed E-state index contributed by atoms with van der Waals surface area (Å²) >= 11 is 0. The molecule has 2 aromatic rings. The first-order valence-corrected chi connectivity index (χ1v) is 9.73. The third-order valence-corrected chi connectivity index (χ3v) is 4.07. The van der Waals surface area contributed by atoms with Crippen LogP contribution in [0.2, 0.25) is 0 Å². The van der Waals surface area contributed by atoms with Crippen LogP contribution in [0.4, 0.5) is 5.69 Å². The smallest absolute Gasteiger partial charge is 0.251 e. The number of aliphatic imine (C=N–C) groups is 1. The first-order chi connectivity index (χ1) is 14.2. The van der Waals surface area contributed by atoms with Gasteiger partial charge in [0.15, 0.2) is 5.96 Å². The number of anilines is 1. The molecule has 2 rings (SSSR count). The number of carbonyl (C=O) groups is 1. The number of carbonyl (C=O) groups excluding carboxylic acids is 1. The fraction of sp³-hybridized carbons (Fsp3) is 0.364. The largest absolute Gasteiger partial charge is 0.493 e. The number of benzene rings is 2. The third-order valence-electron chi connectivity index (χ3n) is 4.07. The average Bonchev–Trinajstić information content (AvgIpc) is 2.75. The van der Waals surface area contributed by atoms with Crippen molar-refractivity contribution in [3.05, 3.63) is 59.7 Å². The van der Waals surface area contributed by atoms with Gasteiger partial charge in [0.25, 0.3) is 5.91 Å². The molecule has 0 aliphatic heterocycles. The number of hydrogen-bond donors (Lipinski definition) is 3. The van der Waals surface area contributed by atoms with Gasteiger partial charge in [-0.25, -0.2) is 0 Å². The van der Waals surface area contributed by atoms with E-state index >= 15 is 0 Å². The van der Waals surface area contributed by atoms with Crippen LogP contribution in [0.1, 0.15) is 29.3 Å². The van der Waals surface area contributed by atoms with Crippen molar-refractivity contribution < 1.29 is 14.3 Å². The number of rotatable bonds is 10. The summed E-state index contributed by atoms with van der Waals surface area (Å²) in [5, 5.41) is 9.33. The van der Waals surface area contributed by atoms with Gasteiger partial charge < -0.3 is 25.4 Å². The Labute approximate surface area is 195 Å². The highest BCUT2D eigenvalue weighted by atomic mass is 127. The minimum atomic E-state index is -0.0702. The van der Waals surface area contributed by atoms with Gasteiger partial charge in [0, 0.05) is 57.6 Å². The molecule has 0 unspecified atom stereocenters. The van der Waals surface area contributed by atoms with E-state index in [0.717, 1.165) is 23.4 Å². The quantitative estimate of drug-likeness (QED) is 0.191. The molecular formula is C22H31IN4O3. The minimum absolute atomic E-state index is 0. The SMILES string of the molecule is CCNC(=O)c1cccc(CNC(=NC)Nc2cccc(OCCCOC)c2)c1.I. The van der Waals surface area contributed by atoms with Gasteiger partial charge in [-0.15, -0.1) is 24.0 Å². The predicted molar refractivity (Wildman–Crippen MR) is 132 cm³/mol. The second kappa shape index (κ2) is 14.6. The van der Waals surface area contributed by atoms with E-state index < -0.39 is 0 Å². The molecule has 3 N–H and O–H groups in total. The average molecular weight is 526 g/mol. The van der Waals surface area contributed by atoms with Crippen LogP contribution in [0, 0.1) is 0 Å². The van der Waals surface area contributed by atoms with E-state index in [1.54, 1.807) is 20.2 Å². The maximum atomic E-state index is 12.0. The van der Waals surface area contributed by atoms with E-state index in [1.165, 1.54) is 0 Å². The summed E-state index contributed by atoms with van der Waals surface area (Å²) in [6.45, 7) is 4.33. The fourth-order valence-electron chi connectivity index (χ4n) is 2.64. The predicted octanol–water partition coefficient (Wildman–Crippen LogP) is 3.66. The lowest BCUT2D eigenvalue weighted by Gasteiger charge is -2.14. The van der Waals surface area contributed by atoms with Gasteiger partial charge in [0.2, 0.25) is 0 Å². The fourth-order valence-corrected chi connectivity index (χ4v) is 2.64. The second-order valence-corrected chi connectivity index (χ2v) is 6.33. The molecule has 1 amide bonds. The van der Waals surface area contributed by atoms with Gasteiger partial charge in [-0.05, 0) is 36.8 Å². The highest BCUT2D eigenvalue weighted by molar-refractivity contribution is 14.0. The number of nitrogens with zero attached hydrogens (tertiary/aromatic N) is 1. The maximum Gasteiger partial charge on any atom is 0.251 e. The van der Waals surface area contributed by atoms with E-state index in [4.69, 9.17) is 9.47 Å². The summed E-state index contributed by atoms with van der Waals surface area (Å²) in [6.07, 6.45) is 0.840. The first-order valence-electron chi connectivity index (χ1n) is 9.73. The third kappa shape index (κ3) is 9.00. The van der Waals surface area contributed by atoms with Crippen LogP contribution >= 0.6 is 24.0 Å². The number of ether oxygens (including phenoxy) is 2. The summed E-state index contributed by atoms with van der Waals surface area (Å²) in [4.78, 5) is 16.2. The Morgan fingerprint density at radius 3 is 2.60 bits per heavy atom. The molecule has 164 valence electrons. The molecule has 7 nitrogen and oxygen atoms in total. The lowest BCUT2D eigenvalue weighted by atomic mass is 10.1. The summed E-state index contributed by atoms with van der Waals surface area (Å²) in [5.41, 5.74) is 2.51. The van der Waals surface area contributed by atoms with Gasteiger partial charge in [-0.1, -0.05) is 18.2 Å². The van der Waals surface area contributed by atoms with Crippen LogP contribution in [0.25, 0.3) is 0 Å². The second-order valence-electron chi connectivity index (χ2n) is 6.33. The molecule has 0 fully saturated rings. The standard InChI is InChI=1S/C22H30N4O3.HI/c1-4-24-21(27)18-9-5-8-17(14-18)16-25-22(23-2)26-19-10-6-11-20(15-19)29-13-7-12-28-3;/h5-6,8-11,14-15H,4,7,12-13,16H2,1-3H3,(H,24,27)(H2,23,25,26);1H. The molecule has 0 bridgehead atoms. The summed E-state index contributed by atoms with van der Waals surface area (Å²) in [7, 11) is 3.39. The number of hydrogen-bond acceptors (Lipinski definition) is 4. The van der Waals surface area contributed by atoms with Gasteiger partial charge in [-0.2, -0.15) is 0 Å². The van der Waals surface area contributed by atoms with Crippen LogP contribution < -0.4 is 20.7 Å². The number of nitrogens with one attached hydrogen (secondary N) is 3. The minimum Gasteiger partial charge on any atom is -0.493 e. The number of methoxy groups -OCH3 is 1. The van der Waals surface area contributed by atoms with E-state index in [9.17, 15) is 4.79 Å². The molecule has 30 heavy (non-hydrogen) atoms. The van der Waals surface area contributed by atoms with E-state index in [-0.39, 0.29) is 29.9 Å². The van der Waals surface area contributed by atoms with Crippen molar-refractivity contribution in [1.29, 1.82) is 0 Å². The van der Waals surface area contributed by atoms with Gasteiger partial charge in [0.1, 0.15) is 5.75 Å². The highest BCUT2D eigenvalue weighted by Crippen LogP contribution is 2.17. The van der Waals surface area contributed by atoms with Crippen molar-refractivity contribution in [3.8, 4) is 5.75 Å². The van der Waals surface area contributed by atoms with E-state index in [0.29, 0.717) is 37.8 Å². The Morgan fingerprint density at radius 1 is 1.07 bits per heavy atom. The van der Waals surface area contributed by atoms with Crippen LogP contribution in [-0.2, 0) is 11.3 Å². The molecule has 0 aliphatic carbocycles. The van der Waals surface area contributed by atoms with Crippen molar-refractivity contribution in [2.75, 3.05) is 39.2 Å². The summed E-state index contributed by atoms with van der Waals surface area (Å²) in [6, 6.07) is 15.2. The summed E-state index contributed by atoms with van der Waals surface area (Å²) in [5.74, 6) is 1.35. The zero-order valence-corrected chi connectivity index (χ0v) is 20.1. The van der Waals surface area contributed by atoms with Gasteiger partial charge in [-0.3, -0.25) is 9.79 Å². The Morgan fingerprint density at radius 2 is 1.87 bits per heavy atom. The van der Waals surface area contributed by atoms with Gasteiger partial charge in [0.05, 0.1) is 6.61 Å². The first kappa shape index (κ1) is 25.7. The van der Waals surface area contributed by atoms with Gasteiger partial charge >= 0.3 is 0 Å². The van der Waals surface area contributed by atoms with Crippen molar-refractivity contribution in [2.45, 2.75) is 19.9 Å². The molecule has 0 heterocycles. The van der Waals surface area contributed by atoms with Crippen LogP contribution in [0.3, 0.4) is 0 Å². The lowest BCUT2D eigenvalue weighted by Crippen LogP contribution is -2.30. The lowest BCUT2D eigenvalue weighted by molar-refractivity contribution is 0.0955. The number of amides is 1. The zero-order chi connectivity index (χ0) is 20.9. The molecule has 2 aromatic carbocycles. The van der Waals surface area contributed by atoms with Crippen LogP contribution in [0.15, 0.2) is 53.5 Å². The molecule has 0 aromatic heterocycles. The molecule has 0 atom stereocenters. The molecule has 0 radical (unpaired) electrons. The topological polar surface area (TPSA) is 84.0 Å². The molecule has 8 heteroatoms. The normalized spacial score (nSPS) is 10.7. The van der Waals surface area contributed by atoms with Crippen LogP contribution in [0.5, 0.6) is 5.75 Å². The zero-order valence-electron chi connectivity index (χ0n) is 17.7. The van der Waals surface area contributed by atoms with Crippen molar-refractivity contribution in [1.82, 2.24) is 10.6 Å². The van der Waals surface area contributed by atoms with Crippen molar-refractivity contribution >= 4 is 41.5 Å². The Hall–Kier alpha value is -2.33. The number of guanidine groups is 1. The van der Waals surface area contributed by atoms with E-state index in [2.05, 4.69) is 20.9 Å². The van der Waals surface area contributed by atoms with Crippen molar-refractivity contribution in [3.63, 3.8) is 0 Å². The Kier molecular flexibility index (Phi) is 12.5. The van der Waals surface area contributed by atoms with Crippen LogP contribution in [-0.4, -0.2) is 45.8 Å². The summed E-state index contributed by atoms with van der Waals surface area (Å²) < 4.78 is 10.8. The van der Waals surface area contributed by atoms with Crippen molar-refractivity contribution in [2.24, 2.45) is 4.99 Å². The Balaban J connectivity index is 0.00000450. The maximum absolute atomic E-state index is 12.0. The molecule has 0 saturated carbocycles. The molecule has 0 aliphatic rings. The molecular weight excluding hydrogens is 495 g/mol. The monoisotopic (exact) mass is 526 g/mol. The number of halogens is 1.